The summed E-state index contributed by atoms with van der Waals surface area (Å²) < 4.78 is 0.977. The van der Waals surface area contributed by atoms with E-state index < -0.39 is 0 Å². The van der Waals surface area contributed by atoms with Crippen molar-refractivity contribution in [3.8, 4) is 10.6 Å². The molecule has 0 bridgehead atoms. The molecule has 0 radical (unpaired) electrons. The summed E-state index contributed by atoms with van der Waals surface area (Å²) in [5.74, 6) is 0. The first-order valence-electron chi connectivity index (χ1n) is 6.06. The molecule has 20 heavy (non-hydrogen) atoms. The maximum absolute atomic E-state index is 4.35. The van der Waals surface area contributed by atoms with E-state index in [1.807, 2.05) is 37.4 Å². The van der Waals surface area contributed by atoms with Gasteiger partial charge in [0.25, 0.3) is 0 Å². The van der Waals surface area contributed by atoms with Crippen LogP contribution in [0.15, 0.2) is 41.1 Å². The van der Waals surface area contributed by atoms with Crippen LogP contribution in [0.3, 0.4) is 0 Å². The highest BCUT2D eigenvalue weighted by molar-refractivity contribution is 9.10. The summed E-state index contributed by atoms with van der Waals surface area (Å²) in [6, 6.07) is 7.96. The summed E-state index contributed by atoms with van der Waals surface area (Å²) in [5.41, 5.74) is 2.98. The number of aromatic nitrogens is 4. The number of aryl methyl sites for hydroxylation is 1. The van der Waals surface area contributed by atoms with Crippen molar-refractivity contribution >= 4 is 27.3 Å². The van der Waals surface area contributed by atoms with Crippen molar-refractivity contribution in [3.63, 3.8) is 0 Å². The third kappa shape index (κ3) is 3.08. The van der Waals surface area contributed by atoms with E-state index in [0.29, 0.717) is 6.42 Å². The third-order valence-electron chi connectivity index (χ3n) is 2.75. The third-order valence-corrected chi connectivity index (χ3v) is 4.19. The van der Waals surface area contributed by atoms with E-state index in [0.717, 1.165) is 31.4 Å². The van der Waals surface area contributed by atoms with E-state index in [1.165, 1.54) is 0 Å². The zero-order valence-electron chi connectivity index (χ0n) is 10.7. The van der Waals surface area contributed by atoms with Crippen molar-refractivity contribution in [2.75, 3.05) is 0 Å². The molecule has 0 unspecified atom stereocenters. The van der Waals surface area contributed by atoms with Crippen molar-refractivity contribution in [2.24, 2.45) is 0 Å². The average Bonchev–Trinajstić information content (AvgIpc) is 2.91. The summed E-state index contributed by atoms with van der Waals surface area (Å²) in [4.78, 5) is 8.63. The van der Waals surface area contributed by atoms with Gasteiger partial charge in [-0.25, -0.2) is 0 Å². The second kappa shape index (κ2) is 5.76. The molecule has 0 N–H and O–H groups in total. The minimum Gasteiger partial charge on any atom is -0.261 e. The SMILES string of the molecule is Cc1ccc(-c2nnc(Cc3ccc(Br)cn3)s2)cn1. The van der Waals surface area contributed by atoms with Crippen LogP contribution in [0.2, 0.25) is 0 Å². The maximum Gasteiger partial charge on any atom is 0.149 e. The number of nitrogens with zero attached hydrogens (tertiary/aromatic N) is 4. The largest absolute Gasteiger partial charge is 0.261 e. The number of hydrogen-bond donors (Lipinski definition) is 0. The predicted octanol–water partition coefficient (Wildman–Crippen LogP) is 3.66. The number of hydrogen-bond acceptors (Lipinski definition) is 5. The van der Waals surface area contributed by atoms with Gasteiger partial charge >= 0.3 is 0 Å². The van der Waals surface area contributed by atoms with Crippen LogP contribution in [-0.2, 0) is 6.42 Å². The molecular weight excluding hydrogens is 336 g/mol. The number of halogens is 1. The number of pyridine rings is 2. The molecule has 0 aromatic carbocycles. The molecule has 3 heterocycles. The minimum atomic E-state index is 0.699. The van der Waals surface area contributed by atoms with Gasteiger partial charge in [-0.05, 0) is 47.1 Å². The lowest BCUT2D eigenvalue weighted by molar-refractivity contribution is 0.976. The fraction of sp³-hybridized carbons (Fsp3) is 0.143. The van der Waals surface area contributed by atoms with Gasteiger partial charge in [0.15, 0.2) is 0 Å². The fourth-order valence-electron chi connectivity index (χ4n) is 1.70. The summed E-state index contributed by atoms with van der Waals surface area (Å²) in [6.07, 6.45) is 4.32. The highest BCUT2D eigenvalue weighted by Gasteiger charge is 2.08. The Morgan fingerprint density at radius 2 is 1.95 bits per heavy atom. The smallest absolute Gasteiger partial charge is 0.149 e. The van der Waals surface area contributed by atoms with Gasteiger partial charge in [-0.1, -0.05) is 11.3 Å². The van der Waals surface area contributed by atoms with Crippen molar-refractivity contribution in [1.29, 1.82) is 0 Å². The van der Waals surface area contributed by atoms with E-state index in [9.17, 15) is 0 Å². The molecule has 3 rings (SSSR count). The van der Waals surface area contributed by atoms with Gasteiger partial charge in [0.05, 0.1) is 0 Å². The molecule has 100 valence electrons. The van der Waals surface area contributed by atoms with Crippen LogP contribution in [0.25, 0.3) is 10.6 Å². The predicted molar refractivity (Wildman–Crippen MR) is 82.6 cm³/mol. The molecule has 0 aliphatic carbocycles. The zero-order chi connectivity index (χ0) is 13.9. The van der Waals surface area contributed by atoms with Crippen LogP contribution >= 0.6 is 27.3 Å². The lowest BCUT2D eigenvalue weighted by Crippen LogP contribution is -1.90. The quantitative estimate of drug-likeness (QED) is 0.726. The molecule has 3 aromatic heterocycles. The minimum absolute atomic E-state index is 0.699. The molecule has 4 nitrogen and oxygen atoms in total. The Morgan fingerprint density at radius 1 is 1.05 bits per heavy atom. The van der Waals surface area contributed by atoms with Crippen LogP contribution in [0, 0.1) is 6.92 Å². The van der Waals surface area contributed by atoms with Gasteiger partial charge in [-0.3, -0.25) is 9.97 Å². The lowest BCUT2D eigenvalue weighted by Gasteiger charge is -1.96. The molecule has 6 heteroatoms. The van der Waals surface area contributed by atoms with Crippen LogP contribution in [0.5, 0.6) is 0 Å². The highest BCUT2D eigenvalue weighted by Crippen LogP contribution is 2.24. The Kier molecular flexibility index (Phi) is 3.84. The molecule has 0 spiro atoms. The van der Waals surface area contributed by atoms with Gasteiger partial charge in [-0.2, -0.15) is 0 Å². The van der Waals surface area contributed by atoms with Crippen molar-refractivity contribution in [1.82, 2.24) is 20.2 Å². The van der Waals surface area contributed by atoms with Gasteiger partial charge in [0.1, 0.15) is 10.0 Å². The Labute approximate surface area is 129 Å². The van der Waals surface area contributed by atoms with Gasteiger partial charge in [-0.15, -0.1) is 10.2 Å². The average molecular weight is 347 g/mol. The first kappa shape index (κ1) is 13.3. The second-order valence-electron chi connectivity index (χ2n) is 4.33. The molecule has 0 saturated heterocycles. The van der Waals surface area contributed by atoms with Crippen molar-refractivity contribution in [3.05, 3.63) is 57.5 Å². The van der Waals surface area contributed by atoms with E-state index in [1.54, 1.807) is 17.5 Å². The Balaban J connectivity index is 1.80. The maximum atomic E-state index is 4.35. The Hall–Kier alpha value is -1.66. The summed E-state index contributed by atoms with van der Waals surface area (Å²) in [5, 5.41) is 10.3. The standard InChI is InChI=1S/C14H11BrN4S/c1-9-2-3-10(7-16-9)14-19-18-13(20-14)6-12-5-4-11(15)8-17-12/h2-5,7-8H,6H2,1H3. The first-order chi connectivity index (χ1) is 9.70. The lowest BCUT2D eigenvalue weighted by atomic mass is 10.3. The first-order valence-corrected chi connectivity index (χ1v) is 7.67. The van der Waals surface area contributed by atoms with E-state index >= 15 is 0 Å². The van der Waals surface area contributed by atoms with Crippen LogP contribution in [0.1, 0.15) is 16.4 Å². The Bertz CT molecular complexity index is 707. The van der Waals surface area contributed by atoms with Crippen LogP contribution in [0.4, 0.5) is 0 Å². The van der Waals surface area contributed by atoms with Crippen molar-refractivity contribution < 1.29 is 0 Å². The van der Waals surface area contributed by atoms with E-state index in [-0.39, 0.29) is 0 Å². The molecule has 0 saturated carbocycles. The molecule has 3 aromatic rings. The molecule has 0 aliphatic rings. The highest BCUT2D eigenvalue weighted by atomic mass is 79.9. The summed E-state index contributed by atoms with van der Waals surface area (Å²) in [6.45, 7) is 1.97. The van der Waals surface area contributed by atoms with Gasteiger partial charge in [0.2, 0.25) is 0 Å². The topological polar surface area (TPSA) is 51.6 Å². The molecule has 0 atom stereocenters. The van der Waals surface area contributed by atoms with Crippen LogP contribution in [-0.4, -0.2) is 20.2 Å². The normalized spacial score (nSPS) is 10.7. The fourth-order valence-corrected chi connectivity index (χ4v) is 2.78. The second-order valence-corrected chi connectivity index (χ2v) is 6.31. The van der Waals surface area contributed by atoms with E-state index in [4.69, 9.17) is 0 Å². The molecular formula is C14H11BrN4S. The monoisotopic (exact) mass is 346 g/mol. The summed E-state index contributed by atoms with van der Waals surface area (Å²) >= 11 is 4.95. The number of rotatable bonds is 3. The summed E-state index contributed by atoms with van der Waals surface area (Å²) in [7, 11) is 0. The van der Waals surface area contributed by atoms with Crippen LogP contribution < -0.4 is 0 Å². The molecule has 0 aliphatic heterocycles. The Morgan fingerprint density at radius 3 is 2.65 bits per heavy atom. The van der Waals surface area contributed by atoms with Gasteiger partial charge in [0, 0.05) is 40.2 Å². The molecule has 0 fully saturated rings. The van der Waals surface area contributed by atoms with Gasteiger partial charge < -0.3 is 0 Å². The zero-order valence-corrected chi connectivity index (χ0v) is 13.1. The van der Waals surface area contributed by atoms with E-state index in [2.05, 4.69) is 36.1 Å². The van der Waals surface area contributed by atoms with Crippen molar-refractivity contribution in [2.45, 2.75) is 13.3 Å². The molecule has 0 amide bonds.